The molecule has 1 atom stereocenters. The SMILES string of the molecule is CC(=O)NC[C@@H]1CCCN(C(=O)Nc2ccc(Oc3ccc(Cl)cc3)nc2)C1. The van der Waals surface area contributed by atoms with Crippen LogP contribution in [0, 0.1) is 5.92 Å². The van der Waals surface area contributed by atoms with Crippen molar-refractivity contribution in [3.63, 3.8) is 0 Å². The number of pyridine rings is 1. The Balaban J connectivity index is 1.52. The smallest absolute Gasteiger partial charge is 0.321 e. The van der Waals surface area contributed by atoms with Gasteiger partial charge in [0.05, 0.1) is 11.9 Å². The fourth-order valence-corrected chi connectivity index (χ4v) is 3.17. The van der Waals surface area contributed by atoms with Gasteiger partial charge in [0.2, 0.25) is 11.8 Å². The summed E-state index contributed by atoms with van der Waals surface area (Å²) in [5.41, 5.74) is 0.595. The predicted molar refractivity (Wildman–Crippen MR) is 108 cm³/mol. The number of anilines is 1. The summed E-state index contributed by atoms with van der Waals surface area (Å²) in [6.07, 6.45) is 3.48. The molecular formula is C20H23ClN4O3. The molecule has 1 fully saturated rings. The third-order valence-electron chi connectivity index (χ3n) is 4.47. The number of ether oxygens (including phenoxy) is 1. The lowest BCUT2D eigenvalue weighted by atomic mass is 9.98. The molecule has 0 spiro atoms. The van der Waals surface area contributed by atoms with Crippen molar-refractivity contribution in [2.45, 2.75) is 19.8 Å². The summed E-state index contributed by atoms with van der Waals surface area (Å²) in [7, 11) is 0. The monoisotopic (exact) mass is 402 g/mol. The second kappa shape index (κ2) is 9.41. The Bertz CT molecular complexity index is 811. The third kappa shape index (κ3) is 5.85. The number of aromatic nitrogens is 1. The van der Waals surface area contributed by atoms with Gasteiger partial charge < -0.3 is 20.3 Å². The molecule has 1 aliphatic rings. The maximum absolute atomic E-state index is 12.5. The number of halogens is 1. The molecule has 0 unspecified atom stereocenters. The van der Waals surface area contributed by atoms with Crippen molar-refractivity contribution < 1.29 is 14.3 Å². The molecule has 1 aromatic carbocycles. The minimum Gasteiger partial charge on any atom is -0.439 e. The molecule has 2 N–H and O–H groups in total. The van der Waals surface area contributed by atoms with Crippen LogP contribution in [0.4, 0.5) is 10.5 Å². The van der Waals surface area contributed by atoms with Crippen molar-refractivity contribution in [3.05, 3.63) is 47.6 Å². The Morgan fingerprint density at radius 1 is 1.25 bits per heavy atom. The number of carbonyl (C=O) groups excluding carboxylic acids is 2. The van der Waals surface area contributed by atoms with E-state index in [1.165, 1.54) is 6.92 Å². The van der Waals surface area contributed by atoms with Gasteiger partial charge in [-0.1, -0.05) is 11.6 Å². The third-order valence-corrected chi connectivity index (χ3v) is 4.72. The largest absolute Gasteiger partial charge is 0.439 e. The van der Waals surface area contributed by atoms with Crippen LogP contribution in [0.15, 0.2) is 42.6 Å². The lowest BCUT2D eigenvalue weighted by Crippen LogP contribution is -2.45. The lowest BCUT2D eigenvalue weighted by Gasteiger charge is -2.32. The van der Waals surface area contributed by atoms with E-state index in [1.807, 2.05) is 0 Å². The highest BCUT2D eigenvalue weighted by Gasteiger charge is 2.23. The van der Waals surface area contributed by atoms with E-state index in [4.69, 9.17) is 16.3 Å². The van der Waals surface area contributed by atoms with Gasteiger partial charge in [-0.15, -0.1) is 0 Å². The first-order valence-corrected chi connectivity index (χ1v) is 9.57. The summed E-state index contributed by atoms with van der Waals surface area (Å²) in [5, 5.41) is 6.32. The molecule has 0 radical (unpaired) electrons. The van der Waals surface area contributed by atoms with Gasteiger partial charge in [0.1, 0.15) is 5.75 Å². The minimum absolute atomic E-state index is 0.0476. The second-order valence-corrected chi connectivity index (χ2v) is 7.20. The van der Waals surface area contributed by atoms with E-state index < -0.39 is 0 Å². The molecule has 1 aliphatic heterocycles. The molecule has 2 heterocycles. The molecular weight excluding hydrogens is 380 g/mol. The zero-order chi connectivity index (χ0) is 19.9. The van der Waals surface area contributed by atoms with Crippen molar-refractivity contribution in [1.82, 2.24) is 15.2 Å². The van der Waals surface area contributed by atoms with Crippen molar-refractivity contribution in [3.8, 4) is 11.6 Å². The Labute approximate surface area is 169 Å². The fourth-order valence-electron chi connectivity index (χ4n) is 3.04. The normalized spacial score (nSPS) is 16.4. The van der Waals surface area contributed by atoms with E-state index in [-0.39, 0.29) is 17.9 Å². The lowest BCUT2D eigenvalue weighted by molar-refractivity contribution is -0.119. The maximum Gasteiger partial charge on any atom is 0.321 e. The zero-order valence-electron chi connectivity index (χ0n) is 15.7. The molecule has 8 heteroatoms. The van der Waals surface area contributed by atoms with Gasteiger partial charge in [-0.2, -0.15) is 0 Å². The molecule has 28 heavy (non-hydrogen) atoms. The van der Waals surface area contributed by atoms with Crippen LogP contribution in [-0.2, 0) is 4.79 Å². The van der Waals surface area contributed by atoms with Crippen molar-refractivity contribution in [1.29, 1.82) is 0 Å². The number of hydrogen-bond acceptors (Lipinski definition) is 4. The van der Waals surface area contributed by atoms with Crippen LogP contribution >= 0.6 is 11.6 Å². The van der Waals surface area contributed by atoms with Gasteiger partial charge in [0.15, 0.2) is 0 Å². The van der Waals surface area contributed by atoms with Gasteiger partial charge in [-0.05, 0) is 49.1 Å². The number of rotatable bonds is 5. The number of amides is 3. The van der Waals surface area contributed by atoms with Crippen LogP contribution in [0.2, 0.25) is 5.02 Å². The average molecular weight is 403 g/mol. The van der Waals surface area contributed by atoms with Crippen LogP contribution in [0.3, 0.4) is 0 Å². The van der Waals surface area contributed by atoms with Gasteiger partial charge in [-0.3, -0.25) is 4.79 Å². The van der Waals surface area contributed by atoms with E-state index in [1.54, 1.807) is 47.5 Å². The second-order valence-electron chi connectivity index (χ2n) is 6.76. The number of piperidine rings is 1. The highest BCUT2D eigenvalue weighted by atomic mass is 35.5. The fraction of sp³-hybridized carbons (Fsp3) is 0.350. The minimum atomic E-state index is -0.166. The van der Waals surface area contributed by atoms with Crippen molar-refractivity contribution in [2.75, 3.05) is 25.0 Å². The van der Waals surface area contributed by atoms with Gasteiger partial charge >= 0.3 is 6.03 Å². The quantitative estimate of drug-likeness (QED) is 0.794. The van der Waals surface area contributed by atoms with Gasteiger partial charge in [0, 0.05) is 37.6 Å². The van der Waals surface area contributed by atoms with Crippen LogP contribution in [0.1, 0.15) is 19.8 Å². The van der Waals surface area contributed by atoms with E-state index in [9.17, 15) is 9.59 Å². The Morgan fingerprint density at radius 2 is 2.04 bits per heavy atom. The molecule has 3 rings (SSSR count). The number of urea groups is 1. The molecule has 0 aliphatic carbocycles. The van der Waals surface area contributed by atoms with Gasteiger partial charge in [0.25, 0.3) is 0 Å². The molecule has 1 aromatic heterocycles. The number of benzene rings is 1. The first-order chi connectivity index (χ1) is 13.5. The van der Waals surface area contributed by atoms with Crippen LogP contribution in [-0.4, -0.2) is 41.5 Å². The van der Waals surface area contributed by atoms with E-state index >= 15 is 0 Å². The number of carbonyl (C=O) groups is 2. The summed E-state index contributed by atoms with van der Waals surface area (Å²) in [6, 6.07) is 10.3. The summed E-state index contributed by atoms with van der Waals surface area (Å²) in [4.78, 5) is 29.6. The summed E-state index contributed by atoms with van der Waals surface area (Å²) >= 11 is 5.85. The molecule has 2 aromatic rings. The van der Waals surface area contributed by atoms with E-state index in [2.05, 4.69) is 15.6 Å². The summed E-state index contributed by atoms with van der Waals surface area (Å²) in [6.45, 7) is 3.42. The number of nitrogens with one attached hydrogen (secondary N) is 2. The van der Waals surface area contributed by atoms with Crippen molar-refractivity contribution >= 4 is 29.2 Å². The summed E-state index contributed by atoms with van der Waals surface area (Å²) in [5.74, 6) is 1.28. The maximum atomic E-state index is 12.5. The Hall–Kier alpha value is -2.80. The Morgan fingerprint density at radius 3 is 2.71 bits per heavy atom. The molecule has 3 amide bonds. The molecule has 0 saturated carbocycles. The standard InChI is InChI=1S/C20H23ClN4O3/c1-14(26)22-11-15-3-2-10-25(13-15)20(27)24-17-6-9-19(23-12-17)28-18-7-4-16(21)5-8-18/h4-9,12,15H,2-3,10-11,13H2,1H3,(H,22,26)(H,24,27)/t15-/m0/s1. The van der Waals surface area contributed by atoms with Gasteiger partial charge in [-0.25, -0.2) is 9.78 Å². The highest BCUT2D eigenvalue weighted by Crippen LogP contribution is 2.23. The topological polar surface area (TPSA) is 83.6 Å². The molecule has 7 nitrogen and oxygen atoms in total. The predicted octanol–water partition coefficient (Wildman–Crippen LogP) is 3.91. The molecule has 0 bridgehead atoms. The first-order valence-electron chi connectivity index (χ1n) is 9.19. The summed E-state index contributed by atoms with van der Waals surface area (Å²) < 4.78 is 5.64. The zero-order valence-corrected chi connectivity index (χ0v) is 16.4. The molecule has 1 saturated heterocycles. The van der Waals surface area contributed by atoms with Crippen LogP contribution in [0.5, 0.6) is 11.6 Å². The molecule has 148 valence electrons. The number of hydrogen-bond donors (Lipinski definition) is 2. The number of likely N-dealkylation sites (tertiary alicyclic amines) is 1. The van der Waals surface area contributed by atoms with E-state index in [0.29, 0.717) is 42.0 Å². The number of nitrogens with zero attached hydrogens (tertiary/aromatic N) is 2. The first kappa shape index (κ1) is 19.9. The van der Waals surface area contributed by atoms with Crippen LogP contribution < -0.4 is 15.4 Å². The van der Waals surface area contributed by atoms with Crippen molar-refractivity contribution in [2.24, 2.45) is 5.92 Å². The van der Waals surface area contributed by atoms with Crippen LogP contribution in [0.25, 0.3) is 0 Å². The van der Waals surface area contributed by atoms with E-state index in [0.717, 1.165) is 12.8 Å². The average Bonchev–Trinajstić information content (AvgIpc) is 2.70. The Kier molecular flexibility index (Phi) is 6.71. The highest BCUT2D eigenvalue weighted by molar-refractivity contribution is 6.30.